The minimum Gasteiger partial charge on any atom is -0.487 e. The van der Waals surface area contributed by atoms with Gasteiger partial charge in [0.2, 0.25) is 0 Å². The van der Waals surface area contributed by atoms with Gasteiger partial charge in [-0.05, 0) is 80.0 Å². The molecule has 5 rings (SSSR count). The van der Waals surface area contributed by atoms with Crippen molar-refractivity contribution in [3.05, 3.63) is 53.6 Å². The second kappa shape index (κ2) is 11.3. The van der Waals surface area contributed by atoms with Gasteiger partial charge in [-0.3, -0.25) is 9.69 Å². The predicted octanol–water partition coefficient (Wildman–Crippen LogP) is 6.25. The Morgan fingerprint density at radius 1 is 0.805 bits per heavy atom. The Morgan fingerprint density at radius 2 is 1.44 bits per heavy atom. The lowest BCUT2D eigenvalue weighted by molar-refractivity contribution is -0.0171. The van der Waals surface area contributed by atoms with Gasteiger partial charge in [-0.2, -0.15) is 0 Å². The minimum absolute atomic E-state index is 0.0384. The van der Waals surface area contributed by atoms with E-state index in [1.807, 2.05) is 21.9 Å². The number of piperazine rings is 1. The van der Waals surface area contributed by atoms with E-state index in [0.717, 1.165) is 74.3 Å². The fraction of sp³-hybridized carbons (Fsp3) is 0.588. The molecule has 2 saturated heterocycles. The van der Waals surface area contributed by atoms with Gasteiger partial charge >= 0.3 is 6.09 Å². The molecule has 7 heteroatoms. The molecule has 0 saturated carbocycles. The second-order valence-corrected chi connectivity index (χ2v) is 14.2. The number of amides is 2. The molecule has 2 amide bonds. The third-order valence-electron chi connectivity index (χ3n) is 8.78. The van der Waals surface area contributed by atoms with Crippen molar-refractivity contribution >= 4 is 12.0 Å². The summed E-state index contributed by atoms with van der Waals surface area (Å²) < 4.78 is 12.1. The molecule has 222 valence electrons. The van der Waals surface area contributed by atoms with Gasteiger partial charge in [0.25, 0.3) is 5.91 Å². The third kappa shape index (κ3) is 6.88. The maximum absolute atomic E-state index is 13.1. The van der Waals surface area contributed by atoms with Crippen LogP contribution in [0.25, 0.3) is 11.1 Å². The van der Waals surface area contributed by atoms with E-state index in [4.69, 9.17) is 9.47 Å². The summed E-state index contributed by atoms with van der Waals surface area (Å²) in [7, 11) is 0. The second-order valence-electron chi connectivity index (χ2n) is 14.2. The number of likely N-dealkylation sites (tertiary alicyclic amines) is 1. The molecule has 2 fully saturated rings. The Morgan fingerprint density at radius 3 is 2.05 bits per heavy atom. The Hall–Kier alpha value is -3.06. The summed E-state index contributed by atoms with van der Waals surface area (Å²) >= 11 is 0. The normalized spacial score (nSPS) is 19.5. The predicted molar refractivity (Wildman–Crippen MR) is 162 cm³/mol. The minimum atomic E-state index is -0.216. The quantitative estimate of drug-likeness (QED) is 0.443. The van der Waals surface area contributed by atoms with Crippen LogP contribution in [0.4, 0.5) is 4.79 Å². The van der Waals surface area contributed by atoms with E-state index in [1.165, 1.54) is 5.56 Å². The van der Waals surface area contributed by atoms with Crippen molar-refractivity contribution in [3.63, 3.8) is 0 Å². The number of hydrogen-bond acceptors (Lipinski definition) is 5. The van der Waals surface area contributed by atoms with Crippen molar-refractivity contribution in [1.29, 1.82) is 0 Å². The van der Waals surface area contributed by atoms with E-state index in [2.05, 4.69) is 76.8 Å². The Kier molecular flexibility index (Phi) is 8.12. The first-order valence-electron chi connectivity index (χ1n) is 15.2. The molecule has 0 aromatic heterocycles. The molecule has 1 spiro atoms. The van der Waals surface area contributed by atoms with Gasteiger partial charge in [0.1, 0.15) is 11.4 Å². The monoisotopic (exact) mass is 561 g/mol. The molecular weight excluding hydrogens is 514 g/mol. The number of ether oxygens (including phenoxy) is 2. The average molecular weight is 562 g/mol. The zero-order valence-corrected chi connectivity index (χ0v) is 25.8. The van der Waals surface area contributed by atoms with Gasteiger partial charge in [0.15, 0.2) is 0 Å². The van der Waals surface area contributed by atoms with Crippen molar-refractivity contribution in [2.45, 2.75) is 78.4 Å². The first-order valence-corrected chi connectivity index (χ1v) is 15.2. The molecule has 0 N–H and O–H groups in total. The van der Waals surface area contributed by atoms with Crippen molar-refractivity contribution in [2.75, 3.05) is 45.9 Å². The van der Waals surface area contributed by atoms with Crippen LogP contribution in [0.15, 0.2) is 42.5 Å². The van der Waals surface area contributed by atoms with E-state index in [9.17, 15) is 9.59 Å². The Balaban J connectivity index is 1.17. The number of carbonyl (C=O) groups excluding carboxylic acids is 2. The number of hydrogen-bond donors (Lipinski definition) is 0. The smallest absolute Gasteiger partial charge is 0.409 e. The first-order chi connectivity index (χ1) is 19.3. The standard InChI is InChI=1S/C34H47N3O4/c1-32(2,3)24-40-31(39)36-17-15-34(16-18-36)14-13-28-23-27(11-12-29(28)41-34)25-7-9-26(10-8-25)30(38)35-19-21-37(22-20-35)33(4,5)6/h7-12,23H,13-22,24H2,1-6H3. The molecular formula is C34H47N3O4. The molecule has 0 aliphatic carbocycles. The van der Waals surface area contributed by atoms with Crippen LogP contribution in [0.3, 0.4) is 0 Å². The average Bonchev–Trinajstić information content (AvgIpc) is 2.95. The van der Waals surface area contributed by atoms with Crippen LogP contribution in [0.2, 0.25) is 0 Å². The van der Waals surface area contributed by atoms with Gasteiger partial charge < -0.3 is 19.3 Å². The summed E-state index contributed by atoms with van der Waals surface area (Å²) in [5.41, 5.74) is 4.09. The van der Waals surface area contributed by atoms with E-state index < -0.39 is 0 Å². The largest absolute Gasteiger partial charge is 0.487 e. The number of aryl methyl sites for hydroxylation is 1. The maximum Gasteiger partial charge on any atom is 0.409 e. The summed E-state index contributed by atoms with van der Waals surface area (Å²) in [6.45, 7) is 18.0. The topological polar surface area (TPSA) is 62.3 Å². The summed E-state index contributed by atoms with van der Waals surface area (Å²) in [6.07, 6.45) is 3.32. The van der Waals surface area contributed by atoms with Crippen molar-refractivity contribution < 1.29 is 19.1 Å². The third-order valence-corrected chi connectivity index (χ3v) is 8.78. The molecule has 3 aliphatic rings. The van der Waals surface area contributed by atoms with Crippen LogP contribution in [0.5, 0.6) is 5.75 Å². The van der Waals surface area contributed by atoms with Crippen molar-refractivity contribution in [1.82, 2.24) is 14.7 Å². The van der Waals surface area contributed by atoms with Gasteiger partial charge in [0, 0.05) is 63.2 Å². The number of carbonyl (C=O) groups is 2. The fourth-order valence-corrected chi connectivity index (χ4v) is 6.09. The summed E-state index contributed by atoms with van der Waals surface area (Å²) in [4.78, 5) is 31.9. The summed E-state index contributed by atoms with van der Waals surface area (Å²) in [6, 6.07) is 14.4. The van der Waals surface area contributed by atoms with Crippen LogP contribution >= 0.6 is 0 Å². The van der Waals surface area contributed by atoms with Gasteiger partial charge in [0.05, 0.1) is 6.61 Å². The van der Waals surface area contributed by atoms with Crippen LogP contribution in [-0.4, -0.2) is 83.7 Å². The molecule has 3 heterocycles. The molecule has 0 unspecified atom stereocenters. The highest BCUT2D eigenvalue weighted by atomic mass is 16.6. The number of rotatable bonds is 3. The Bertz CT molecular complexity index is 1240. The highest BCUT2D eigenvalue weighted by Gasteiger charge is 2.41. The number of benzene rings is 2. The molecule has 0 atom stereocenters. The Labute approximate surface area is 245 Å². The number of fused-ring (bicyclic) bond motifs is 1. The van der Waals surface area contributed by atoms with E-state index in [0.29, 0.717) is 19.7 Å². The van der Waals surface area contributed by atoms with Crippen LogP contribution < -0.4 is 4.74 Å². The van der Waals surface area contributed by atoms with E-state index in [1.54, 1.807) is 0 Å². The van der Waals surface area contributed by atoms with Crippen LogP contribution in [-0.2, 0) is 11.2 Å². The lowest BCUT2D eigenvalue weighted by Gasteiger charge is -2.44. The SMILES string of the molecule is CC(C)(C)COC(=O)N1CCC2(CCc3cc(-c4ccc(C(=O)N5CCN(C(C)(C)C)CC5)cc4)ccc3O2)CC1. The zero-order valence-electron chi connectivity index (χ0n) is 25.8. The zero-order chi connectivity index (χ0) is 29.4. The lowest BCUT2D eigenvalue weighted by atomic mass is 9.82. The molecule has 0 bridgehead atoms. The molecule has 3 aliphatic heterocycles. The summed E-state index contributed by atoms with van der Waals surface area (Å²) in [5.74, 6) is 1.06. The van der Waals surface area contributed by atoms with Crippen LogP contribution in [0.1, 0.15) is 76.7 Å². The summed E-state index contributed by atoms with van der Waals surface area (Å²) in [5, 5.41) is 0. The molecule has 7 nitrogen and oxygen atoms in total. The highest BCUT2D eigenvalue weighted by molar-refractivity contribution is 5.94. The molecule has 0 radical (unpaired) electrons. The molecule has 41 heavy (non-hydrogen) atoms. The van der Waals surface area contributed by atoms with E-state index in [-0.39, 0.29) is 28.6 Å². The highest BCUT2D eigenvalue weighted by Crippen LogP contribution is 2.41. The van der Waals surface area contributed by atoms with Crippen molar-refractivity contribution in [2.24, 2.45) is 5.41 Å². The molecule has 2 aromatic carbocycles. The van der Waals surface area contributed by atoms with Crippen LogP contribution in [0, 0.1) is 5.41 Å². The number of piperidine rings is 1. The van der Waals surface area contributed by atoms with Crippen molar-refractivity contribution in [3.8, 4) is 16.9 Å². The maximum atomic E-state index is 13.1. The van der Waals surface area contributed by atoms with Gasteiger partial charge in [-0.1, -0.05) is 39.0 Å². The first kappa shape index (κ1) is 29.4. The van der Waals surface area contributed by atoms with Gasteiger partial charge in [-0.25, -0.2) is 4.79 Å². The fourth-order valence-electron chi connectivity index (χ4n) is 6.09. The molecule has 2 aromatic rings. The number of nitrogens with zero attached hydrogens (tertiary/aromatic N) is 3. The lowest BCUT2D eigenvalue weighted by Crippen LogP contribution is -2.54. The van der Waals surface area contributed by atoms with Gasteiger partial charge in [-0.15, -0.1) is 0 Å². The van der Waals surface area contributed by atoms with E-state index >= 15 is 0 Å².